The van der Waals surface area contributed by atoms with Crippen molar-refractivity contribution in [3.8, 4) is 0 Å². The number of allylic oxidation sites excluding steroid dienone is 2. The Kier molecular flexibility index (Phi) is 4.10. The second kappa shape index (κ2) is 5.12. The van der Waals surface area contributed by atoms with E-state index in [4.69, 9.17) is 4.52 Å². The fourth-order valence-corrected chi connectivity index (χ4v) is 1.48. The van der Waals surface area contributed by atoms with Crippen LogP contribution in [0.3, 0.4) is 0 Å². The van der Waals surface area contributed by atoms with Gasteiger partial charge in [-0.1, -0.05) is 17.3 Å². The maximum atomic E-state index is 5.16. The van der Waals surface area contributed by atoms with E-state index in [2.05, 4.69) is 27.6 Å². The van der Waals surface area contributed by atoms with Crippen molar-refractivity contribution in [1.82, 2.24) is 15.5 Å². The van der Waals surface area contributed by atoms with Crippen molar-refractivity contribution in [3.63, 3.8) is 0 Å². The van der Waals surface area contributed by atoms with Crippen LogP contribution < -0.4 is 5.32 Å². The highest BCUT2D eigenvalue weighted by Gasteiger charge is 2.19. The second-order valence-corrected chi connectivity index (χ2v) is 3.22. The van der Waals surface area contributed by atoms with Gasteiger partial charge in [-0.3, -0.25) is 0 Å². The Hall–Kier alpha value is -0.870. The van der Waals surface area contributed by atoms with Crippen molar-refractivity contribution in [3.05, 3.63) is 23.9 Å². The van der Waals surface area contributed by atoms with Gasteiger partial charge < -0.3 is 9.84 Å². The highest BCUT2D eigenvalue weighted by molar-refractivity contribution is 5.85. The van der Waals surface area contributed by atoms with Gasteiger partial charge in [-0.15, -0.1) is 12.4 Å². The fourth-order valence-electron chi connectivity index (χ4n) is 1.48. The third-order valence-electron chi connectivity index (χ3n) is 2.18. The van der Waals surface area contributed by atoms with Crippen LogP contribution in [0, 0.1) is 0 Å². The van der Waals surface area contributed by atoms with E-state index in [0.29, 0.717) is 12.5 Å². The van der Waals surface area contributed by atoms with E-state index in [0.717, 1.165) is 24.6 Å². The van der Waals surface area contributed by atoms with Crippen LogP contribution in [0.15, 0.2) is 16.7 Å². The summed E-state index contributed by atoms with van der Waals surface area (Å²) in [5.41, 5.74) is 0. The van der Waals surface area contributed by atoms with Crippen LogP contribution in [0.2, 0.25) is 0 Å². The fraction of sp³-hybridized carbons (Fsp3) is 0.556. The van der Waals surface area contributed by atoms with Gasteiger partial charge in [0.15, 0.2) is 5.82 Å². The molecule has 0 amide bonds. The molecule has 0 saturated carbocycles. The summed E-state index contributed by atoms with van der Waals surface area (Å²) in [5.74, 6) is 1.93. The van der Waals surface area contributed by atoms with Gasteiger partial charge in [-0.2, -0.15) is 4.98 Å². The maximum absolute atomic E-state index is 5.16. The zero-order valence-electron chi connectivity index (χ0n) is 8.06. The SMILES string of the molecule is CNCc1noc(C2CC=CC2)n1.Cl. The second-order valence-electron chi connectivity index (χ2n) is 3.22. The van der Waals surface area contributed by atoms with E-state index in [1.807, 2.05) is 7.05 Å². The van der Waals surface area contributed by atoms with Crippen LogP contribution in [0.5, 0.6) is 0 Å². The molecule has 0 aromatic carbocycles. The molecule has 0 unspecified atom stereocenters. The van der Waals surface area contributed by atoms with Crippen LogP contribution >= 0.6 is 12.4 Å². The molecule has 0 spiro atoms. The average molecular weight is 216 g/mol. The first kappa shape index (κ1) is 11.2. The zero-order valence-corrected chi connectivity index (χ0v) is 8.88. The van der Waals surface area contributed by atoms with Crippen LogP contribution in [0.25, 0.3) is 0 Å². The lowest BCUT2D eigenvalue weighted by atomic mass is 10.1. The third-order valence-corrected chi connectivity index (χ3v) is 2.18. The Bertz CT molecular complexity index is 303. The topological polar surface area (TPSA) is 51.0 Å². The summed E-state index contributed by atoms with van der Waals surface area (Å²) < 4.78 is 5.16. The minimum absolute atomic E-state index is 0. The smallest absolute Gasteiger partial charge is 0.230 e. The van der Waals surface area contributed by atoms with E-state index in [1.54, 1.807) is 0 Å². The molecule has 0 aliphatic heterocycles. The van der Waals surface area contributed by atoms with E-state index >= 15 is 0 Å². The molecule has 0 bridgehead atoms. The van der Waals surface area contributed by atoms with E-state index in [-0.39, 0.29) is 12.4 Å². The Labute approximate surface area is 89.2 Å². The van der Waals surface area contributed by atoms with Crippen molar-refractivity contribution in [2.75, 3.05) is 7.05 Å². The number of rotatable bonds is 3. The first-order valence-corrected chi connectivity index (χ1v) is 4.52. The van der Waals surface area contributed by atoms with Gasteiger partial charge in [0.05, 0.1) is 6.54 Å². The molecule has 1 N–H and O–H groups in total. The number of nitrogens with one attached hydrogen (secondary N) is 1. The molecule has 1 heterocycles. The third kappa shape index (κ3) is 2.33. The number of aromatic nitrogens is 2. The van der Waals surface area contributed by atoms with Crippen molar-refractivity contribution >= 4 is 12.4 Å². The molecule has 1 aromatic heterocycles. The van der Waals surface area contributed by atoms with Crippen molar-refractivity contribution in [2.45, 2.75) is 25.3 Å². The predicted molar refractivity (Wildman–Crippen MR) is 55.4 cm³/mol. The Morgan fingerprint density at radius 3 is 2.86 bits per heavy atom. The lowest BCUT2D eigenvalue weighted by molar-refractivity contribution is 0.352. The van der Waals surface area contributed by atoms with E-state index < -0.39 is 0 Å². The monoisotopic (exact) mass is 215 g/mol. The number of nitrogens with zero attached hydrogens (tertiary/aromatic N) is 2. The first-order valence-electron chi connectivity index (χ1n) is 4.52. The lowest BCUT2D eigenvalue weighted by Gasteiger charge is -1.99. The Balaban J connectivity index is 0.000000980. The minimum atomic E-state index is 0. The predicted octanol–water partition coefficient (Wildman–Crippen LogP) is 1.64. The van der Waals surface area contributed by atoms with E-state index in [1.165, 1.54) is 0 Å². The molecule has 1 aliphatic rings. The summed E-state index contributed by atoms with van der Waals surface area (Å²) in [5, 5.41) is 6.86. The molecule has 1 aliphatic carbocycles. The minimum Gasteiger partial charge on any atom is -0.339 e. The van der Waals surface area contributed by atoms with Gasteiger partial charge >= 0.3 is 0 Å². The Morgan fingerprint density at radius 1 is 1.50 bits per heavy atom. The summed E-state index contributed by atoms with van der Waals surface area (Å²) in [7, 11) is 1.87. The van der Waals surface area contributed by atoms with Gasteiger partial charge in [0.1, 0.15) is 0 Å². The molecule has 0 saturated heterocycles. The van der Waals surface area contributed by atoms with Gasteiger partial charge in [0.2, 0.25) is 5.89 Å². The maximum Gasteiger partial charge on any atom is 0.230 e. The van der Waals surface area contributed by atoms with Crippen LogP contribution in [0.4, 0.5) is 0 Å². The summed E-state index contributed by atoms with van der Waals surface area (Å²) >= 11 is 0. The zero-order chi connectivity index (χ0) is 9.10. The molecule has 14 heavy (non-hydrogen) atoms. The Morgan fingerprint density at radius 2 is 2.21 bits per heavy atom. The summed E-state index contributed by atoms with van der Waals surface area (Å²) in [6.45, 7) is 0.670. The van der Waals surface area contributed by atoms with Crippen molar-refractivity contribution < 1.29 is 4.52 Å². The van der Waals surface area contributed by atoms with Gasteiger partial charge in [-0.25, -0.2) is 0 Å². The van der Waals surface area contributed by atoms with Crippen LogP contribution in [-0.4, -0.2) is 17.2 Å². The molecule has 4 nitrogen and oxygen atoms in total. The highest BCUT2D eigenvalue weighted by atomic mass is 35.5. The van der Waals surface area contributed by atoms with E-state index in [9.17, 15) is 0 Å². The van der Waals surface area contributed by atoms with Crippen molar-refractivity contribution in [2.24, 2.45) is 0 Å². The average Bonchev–Trinajstić information content (AvgIpc) is 2.70. The number of halogens is 1. The first-order chi connectivity index (χ1) is 6.40. The molecule has 0 radical (unpaired) electrons. The van der Waals surface area contributed by atoms with Crippen molar-refractivity contribution in [1.29, 1.82) is 0 Å². The molecule has 2 rings (SSSR count). The lowest BCUT2D eigenvalue weighted by Crippen LogP contribution is -2.06. The summed E-state index contributed by atoms with van der Waals surface area (Å²) in [4.78, 5) is 4.30. The largest absolute Gasteiger partial charge is 0.339 e. The quantitative estimate of drug-likeness (QED) is 0.779. The van der Waals surface area contributed by atoms with Gasteiger partial charge in [0, 0.05) is 5.92 Å². The highest BCUT2D eigenvalue weighted by Crippen LogP contribution is 2.27. The summed E-state index contributed by atoms with van der Waals surface area (Å²) in [6.07, 6.45) is 6.38. The standard InChI is InChI=1S/C9H13N3O.ClH/c1-10-6-8-11-9(13-12-8)7-4-2-3-5-7;/h2-3,7,10H,4-6H2,1H3;1H. The van der Waals surface area contributed by atoms with Crippen LogP contribution in [0.1, 0.15) is 30.5 Å². The molecule has 5 heteroatoms. The number of hydrogen-bond donors (Lipinski definition) is 1. The molecule has 1 aromatic rings. The normalized spacial score (nSPS) is 15.8. The van der Waals surface area contributed by atoms with Gasteiger partial charge in [-0.05, 0) is 19.9 Å². The van der Waals surface area contributed by atoms with Crippen LogP contribution in [-0.2, 0) is 6.54 Å². The van der Waals surface area contributed by atoms with Gasteiger partial charge in [0.25, 0.3) is 0 Å². The molecular weight excluding hydrogens is 202 g/mol. The molecular formula is C9H14ClN3O. The molecule has 0 fully saturated rings. The number of hydrogen-bond acceptors (Lipinski definition) is 4. The summed E-state index contributed by atoms with van der Waals surface area (Å²) in [6, 6.07) is 0. The molecule has 78 valence electrons. The molecule has 0 atom stereocenters.